The van der Waals surface area contributed by atoms with Crippen LogP contribution in [0, 0.1) is 0 Å². The van der Waals surface area contributed by atoms with Gasteiger partial charge in [0.2, 0.25) is 0 Å². The van der Waals surface area contributed by atoms with Crippen molar-refractivity contribution in [3.8, 4) is 11.3 Å². The van der Waals surface area contributed by atoms with Crippen LogP contribution in [0.2, 0.25) is 10.0 Å². The van der Waals surface area contributed by atoms with E-state index in [1.54, 1.807) is 6.07 Å². The van der Waals surface area contributed by atoms with Crippen molar-refractivity contribution in [2.75, 3.05) is 5.32 Å². The summed E-state index contributed by atoms with van der Waals surface area (Å²) in [5.74, 6) is 0.996. The number of nitrogens with one attached hydrogen (secondary N) is 1. The maximum Gasteiger partial charge on any atom is 0.129 e. The largest absolute Gasteiger partial charge is 0.345 e. The van der Waals surface area contributed by atoms with E-state index in [9.17, 15) is 0 Å². The molecule has 0 bridgehead atoms. The van der Waals surface area contributed by atoms with Gasteiger partial charge in [0.25, 0.3) is 0 Å². The summed E-state index contributed by atoms with van der Waals surface area (Å²) in [7, 11) is 0. The number of aromatic nitrogens is 2. The molecule has 0 aliphatic carbocycles. The van der Waals surface area contributed by atoms with Crippen molar-refractivity contribution in [1.29, 1.82) is 0 Å². The van der Waals surface area contributed by atoms with Gasteiger partial charge in [-0.25, -0.2) is 4.68 Å². The Kier molecular flexibility index (Phi) is 2.80. The summed E-state index contributed by atoms with van der Waals surface area (Å²) in [4.78, 5) is 0. The molecule has 0 unspecified atom stereocenters. The molecule has 2 heterocycles. The van der Waals surface area contributed by atoms with Gasteiger partial charge in [-0.1, -0.05) is 29.3 Å². The highest BCUT2D eigenvalue weighted by Gasteiger charge is 2.13. The first-order valence-electron chi connectivity index (χ1n) is 5.60. The lowest BCUT2D eigenvalue weighted by molar-refractivity contribution is 0.696. The van der Waals surface area contributed by atoms with Crippen molar-refractivity contribution in [2.45, 2.75) is 13.5 Å². The van der Waals surface area contributed by atoms with Crippen LogP contribution in [0.25, 0.3) is 11.3 Å². The van der Waals surface area contributed by atoms with Gasteiger partial charge in [0.1, 0.15) is 5.82 Å². The summed E-state index contributed by atoms with van der Waals surface area (Å²) in [5.41, 5.74) is 2.99. The number of rotatable bonds is 1. The fourth-order valence-electron chi connectivity index (χ4n) is 1.93. The molecule has 0 saturated heterocycles. The van der Waals surface area contributed by atoms with Crippen molar-refractivity contribution in [3.05, 3.63) is 46.1 Å². The third-order valence-corrected chi connectivity index (χ3v) is 3.63. The van der Waals surface area contributed by atoms with Crippen LogP contribution in [0.15, 0.2) is 36.0 Å². The zero-order chi connectivity index (χ0) is 12.7. The molecule has 1 aromatic heterocycles. The second kappa shape index (κ2) is 4.34. The summed E-state index contributed by atoms with van der Waals surface area (Å²) < 4.78 is 1.92. The van der Waals surface area contributed by atoms with Gasteiger partial charge in [0, 0.05) is 17.3 Å². The van der Waals surface area contributed by atoms with Crippen molar-refractivity contribution in [1.82, 2.24) is 9.78 Å². The fourth-order valence-corrected chi connectivity index (χ4v) is 2.23. The van der Waals surface area contributed by atoms with Gasteiger partial charge in [0.05, 0.1) is 22.3 Å². The zero-order valence-corrected chi connectivity index (χ0v) is 11.3. The monoisotopic (exact) mass is 279 g/mol. The van der Waals surface area contributed by atoms with Crippen LogP contribution >= 0.6 is 23.2 Å². The highest BCUT2D eigenvalue weighted by molar-refractivity contribution is 6.42. The topological polar surface area (TPSA) is 29.9 Å². The van der Waals surface area contributed by atoms with E-state index < -0.39 is 0 Å². The molecule has 2 aromatic rings. The summed E-state index contributed by atoms with van der Waals surface area (Å²) in [6.45, 7) is 2.82. The summed E-state index contributed by atoms with van der Waals surface area (Å²) >= 11 is 11.9. The van der Waals surface area contributed by atoms with Gasteiger partial charge in [-0.3, -0.25) is 0 Å². The Balaban J connectivity index is 2.01. The minimum Gasteiger partial charge on any atom is -0.345 e. The van der Waals surface area contributed by atoms with E-state index >= 15 is 0 Å². The Bertz CT molecular complexity index is 644. The Morgan fingerprint density at radius 2 is 2.06 bits per heavy atom. The van der Waals surface area contributed by atoms with Gasteiger partial charge >= 0.3 is 0 Å². The first-order chi connectivity index (χ1) is 8.63. The molecule has 1 N–H and O–H groups in total. The van der Waals surface area contributed by atoms with E-state index in [-0.39, 0.29) is 0 Å². The molecule has 18 heavy (non-hydrogen) atoms. The van der Waals surface area contributed by atoms with Crippen LogP contribution in [0.1, 0.15) is 6.92 Å². The molecule has 0 spiro atoms. The quantitative estimate of drug-likeness (QED) is 0.849. The molecule has 0 amide bonds. The number of hydrogen-bond donors (Lipinski definition) is 1. The Hall–Kier alpha value is -1.45. The molecule has 5 heteroatoms. The second-order valence-corrected chi connectivity index (χ2v) is 5.05. The van der Waals surface area contributed by atoms with E-state index in [1.807, 2.05) is 29.8 Å². The highest BCUT2D eigenvalue weighted by Crippen LogP contribution is 2.30. The van der Waals surface area contributed by atoms with E-state index in [4.69, 9.17) is 23.2 Å². The average molecular weight is 280 g/mol. The van der Waals surface area contributed by atoms with Crippen LogP contribution in [0.3, 0.4) is 0 Å². The number of allylic oxidation sites excluding steroid dienone is 2. The normalized spacial score (nSPS) is 13.8. The Labute approximate surface area is 115 Å². The summed E-state index contributed by atoms with van der Waals surface area (Å²) in [5, 5.41) is 8.91. The summed E-state index contributed by atoms with van der Waals surface area (Å²) in [6, 6.07) is 7.55. The molecule has 1 aliphatic rings. The smallest absolute Gasteiger partial charge is 0.129 e. The van der Waals surface area contributed by atoms with E-state index in [0.29, 0.717) is 10.0 Å². The minimum atomic E-state index is 0.544. The molecule has 0 atom stereocenters. The standard InChI is InChI=1S/C13H11Cl2N3/c1-8-4-5-18-13(16-8)7-12(17-18)9-2-3-10(14)11(15)6-9/h2-4,6-7,16H,5H2,1H3. The van der Waals surface area contributed by atoms with Gasteiger partial charge < -0.3 is 5.32 Å². The molecule has 1 aromatic carbocycles. The highest BCUT2D eigenvalue weighted by atomic mass is 35.5. The maximum absolute atomic E-state index is 6.02. The number of fused-ring (bicyclic) bond motifs is 1. The fraction of sp³-hybridized carbons (Fsp3) is 0.154. The molecule has 92 valence electrons. The van der Waals surface area contributed by atoms with Gasteiger partial charge in [-0.15, -0.1) is 0 Å². The van der Waals surface area contributed by atoms with Gasteiger partial charge in [0.15, 0.2) is 0 Å². The number of nitrogens with zero attached hydrogens (tertiary/aromatic N) is 2. The minimum absolute atomic E-state index is 0.544. The molecular formula is C13H11Cl2N3. The number of halogens is 2. The maximum atomic E-state index is 6.02. The third kappa shape index (κ3) is 2.00. The average Bonchev–Trinajstić information content (AvgIpc) is 2.75. The lowest BCUT2D eigenvalue weighted by Gasteiger charge is -2.13. The van der Waals surface area contributed by atoms with Crippen molar-refractivity contribution < 1.29 is 0 Å². The first-order valence-corrected chi connectivity index (χ1v) is 6.36. The predicted octanol–water partition coefficient (Wildman–Crippen LogP) is 4.19. The lowest BCUT2D eigenvalue weighted by Crippen LogP contribution is -2.11. The molecule has 0 saturated carbocycles. The third-order valence-electron chi connectivity index (χ3n) is 2.89. The molecule has 1 aliphatic heterocycles. The Morgan fingerprint density at radius 1 is 1.22 bits per heavy atom. The first kappa shape index (κ1) is 11.6. The van der Waals surface area contributed by atoms with Crippen molar-refractivity contribution in [3.63, 3.8) is 0 Å². The van der Waals surface area contributed by atoms with Gasteiger partial charge in [-0.2, -0.15) is 5.10 Å². The molecule has 0 radical (unpaired) electrons. The van der Waals surface area contributed by atoms with Crippen molar-refractivity contribution in [2.24, 2.45) is 0 Å². The van der Waals surface area contributed by atoms with E-state index in [2.05, 4.69) is 16.5 Å². The second-order valence-electron chi connectivity index (χ2n) is 4.24. The summed E-state index contributed by atoms with van der Waals surface area (Å²) in [6.07, 6.45) is 2.10. The lowest BCUT2D eigenvalue weighted by atomic mass is 10.1. The van der Waals surface area contributed by atoms with Crippen molar-refractivity contribution >= 4 is 29.0 Å². The van der Waals surface area contributed by atoms with Crippen LogP contribution < -0.4 is 5.32 Å². The number of benzene rings is 1. The molecule has 3 rings (SSSR count). The molecule has 3 nitrogen and oxygen atoms in total. The van der Waals surface area contributed by atoms with Crippen LogP contribution in [0.4, 0.5) is 5.82 Å². The van der Waals surface area contributed by atoms with Crippen LogP contribution in [-0.4, -0.2) is 9.78 Å². The SMILES string of the molecule is CC1=CCn2nc(-c3ccc(Cl)c(Cl)c3)cc2N1. The predicted molar refractivity (Wildman–Crippen MR) is 75.1 cm³/mol. The number of anilines is 1. The van der Waals surface area contributed by atoms with E-state index in [0.717, 1.165) is 29.3 Å². The van der Waals surface area contributed by atoms with Crippen LogP contribution in [-0.2, 0) is 6.54 Å². The van der Waals surface area contributed by atoms with Crippen LogP contribution in [0.5, 0.6) is 0 Å². The van der Waals surface area contributed by atoms with Gasteiger partial charge in [-0.05, 0) is 25.1 Å². The van der Waals surface area contributed by atoms with E-state index in [1.165, 1.54) is 0 Å². The Morgan fingerprint density at radius 3 is 2.83 bits per heavy atom. The zero-order valence-electron chi connectivity index (χ0n) is 9.74. The number of hydrogen-bond acceptors (Lipinski definition) is 2. The molecular weight excluding hydrogens is 269 g/mol. The molecule has 0 fully saturated rings.